The molecule has 14 heavy (non-hydrogen) atoms. The fraction of sp³-hybridized carbons (Fsp3) is 0.300. The summed E-state index contributed by atoms with van der Waals surface area (Å²) in [6, 6.07) is 5.27. The Kier molecular flexibility index (Phi) is 4.23. The molecule has 0 radical (unpaired) electrons. The van der Waals surface area contributed by atoms with Crippen molar-refractivity contribution in [1.29, 1.82) is 0 Å². The quantitative estimate of drug-likeness (QED) is 0.492. The van der Waals surface area contributed by atoms with Gasteiger partial charge in [-0.15, -0.1) is 23.2 Å². The van der Waals surface area contributed by atoms with Gasteiger partial charge in [0.25, 0.3) is 0 Å². The number of nitrogen functional groups attached to an aromatic ring is 1. The van der Waals surface area contributed by atoms with Gasteiger partial charge in [0.1, 0.15) is 0 Å². The van der Waals surface area contributed by atoms with Gasteiger partial charge in [-0.05, 0) is 11.6 Å². The minimum atomic E-state index is -0.0475. The zero-order valence-electron chi connectivity index (χ0n) is 7.59. The maximum atomic E-state index is 11.6. The van der Waals surface area contributed by atoms with Gasteiger partial charge in [-0.1, -0.05) is 12.1 Å². The van der Waals surface area contributed by atoms with Crippen LogP contribution in [0.2, 0.25) is 0 Å². The van der Waals surface area contributed by atoms with Crippen LogP contribution >= 0.6 is 23.2 Å². The second kappa shape index (κ2) is 5.23. The number of Topliss-reactive ketones (excluding diaryl/α,β-unsaturated/α-hetero) is 1. The molecule has 0 unspecified atom stereocenters. The second-order valence-electron chi connectivity index (χ2n) is 2.88. The van der Waals surface area contributed by atoms with Gasteiger partial charge in [0.15, 0.2) is 5.78 Å². The van der Waals surface area contributed by atoms with Crippen LogP contribution in [0.25, 0.3) is 0 Å². The lowest BCUT2D eigenvalue weighted by molar-refractivity contribution is 0.0989. The van der Waals surface area contributed by atoms with Crippen LogP contribution in [-0.4, -0.2) is 11.7 Å². The lowest BCUT2D eigenvalue weighted by atomic mass is 10.0. The third-order valence-corrected chi connectivity index (χ3v) is 2.40. The van der Waals surface area contributed by atoms with E-state index in [1.807, 2.05) is 0 Å². The van der Waals surface area contributed by atoms with Crippen molar-refractivity contribution in [3.63, 3.8) is 0 Å². The monoisotopic (exact) mass is 231 g/mol. The second-order valence-corrected chi connectivity index (χ2v) is 3.52. The van der Waals surface area contributed by atoms with Gasteiger partial charge >= 0.3 is 0 Å². The first-order valence-electron chi connectivity index (χ1n) is 4.23. The van der Waals surface area contributed by atoms with Crippen molar-refractivity contribution in [3.05, 3.63) is 29.3 Å². The number of hydrogen-bond acceptors (Lipinski definition) is 2. The topological polar surface area (TPSA) is 43.1 Å². The summed E-state index contributed by atoms with van der Waals surface area (Å²) in [7, 11) is 0. The van der Waals surface area contributed by atoms with Crippen molar-refractivity contribution in [2.45, 2.75) is 12.3 Å². The number of anilines is 1. The van der Waals surface area contributed by atoms with Crippen molar-refractivity contribution in [2.75, 3.05) is 11.6 Å². The third kappa shape index (κ3) is 2.40. The van der Waals surface area contributed by atoms with E-state index in [4.69, 9.17) is 28.9 Å². The third-order valence-electron chi connectivity index (χ3n) is 1.93. The Bertz CT molecular complexity index is 339. The predicted octanol–water partition coefficient (Wildman–Crippen LogP) is 2.82. The van der Waals surface area contributed by atoms with E-state index in [0.29, 0.717) is 23.6 Å². The number of hydrogen-bond donors (Lipinski definition) is 1. The average molecular weight is 232 g/mol. The zero-order chi connectivity index (χ0) is 10.6. The lowest BCUT2D eigenvalue weighted by Gasteiger charge is -2.08. The minimum Gasteiger partial charge on any atom is -0.398 e. The molecule has 0 spiro atoms. The van der Waals surface area contributed by atoms with Crippen LogP contribution < -0.4 is 5.73 Å². The maximum Gasteiger partial charge on any atom is 0.166 e. The van der Waals surface area contributed by atoms with Gasteiger partial charge in [0, 0.05) is 29.4 Å². The normalized spacial score (nSPS) is 10.1. The highest BCUT2D eigenvalue weighted by Gasteiger charge is 2.13. The summed E-state index contributed by atoms with van der Waals surface area (Å²) in [6.45, 7) is 0. The summed E-state index contributed by atoms with van der Waals surface area (Å²) in [4.78, 5) is 11.6. The van der Waals surface area contributed by atoms with E-state index < -0.39 is 0 Å². The van der Waals surface area contributed by atoms with Crippen molar-refractivity contribution >= 4 is 34.7 Å². The van der Waals surface area contributed by atoms with Crippen molar-refractivity contribution < 1.29 is 4.79 Å². The number of benzene rings is 1. The molecule has 0 aromatic heterocycles. The lowest BCUT2D eigenvalue weighted by Crippen LogP contribution is -2.07. The molecule has 0 amide bonds. The first-order chi connectivity index (χ1) is 6.70. The van der Waals surface area contributed by atoms with Gasteiger partial charge in [-0.2, -0.15) is 0 Å². The van der Waals surface area contributed by atoms with Crippen LogP contribution in [0.4, 0.5) is 5.69 Å². The van der Waals surface area contributed by atoms with Crippen LogP contribution in [0.3, 0.4) is 0 Å². The maximum absolute atomic E-state index is 11.6. The summed E-state index contributed by atoms with van der Waals surface area (Å²) in [5.41, 5.74) is 7.46. The van der Waals surface area contributed by atoms with Crippen molar-refractivity contribution in [2.24, 2.45) is 0 Å². The van der Waals surface area contributed by atoms with E-state index in [1.165, 1.54) is 0 Å². The summed E-state index contributed by atoms with van der Waals surface area (Å²) in [6.07, 6.45) is 0.291. The fourth-order valence-corrected chi connectivity index (χ4v) is 1.68. The predicted molar refractivity (Wildman–Crippen MR) is 60.1 cm³/mol. The molecule has 0 saturated carbocycles. The van der Waals surface area contributed by atoms with Crippen LogP contribution in [0.5, 0.6) is 0 Å². The highest BCUT2D eigenvalue weighted by atomic mass is 35.5. The first-order valence-corrected chi connectivity index (χ1v) is 5.30. The number of ketones is 1. The molecule has 0 aliphatic rings. The molecule has 1 aromatic carbocycles. The van der Waals surface area contributed by atoms with Crippen molar-refractivity contribution in [3.8, 4) is 0 Å². The Morgan fingerprint density at radius 2 is 2.07 bits per heavy atom. The van der Waals surface area contributed by atoms with Crippen LogP contribution in [0.1, 0.15) is 22.3 Å². The summed E-state index contributed by atoms with van der Waals surface area (Å²) in [5, 5.41) is 0. The molecule has 0 bridgehead atoms. The smallest absolute Gasteiger partial charge is 0.166 e. The van der Waals surface area contributed by atoms with Crippen LogP contribution in [0, 0.1) is 0 Å². The zero-order valence-corrected chi connectivity index (χ0v) is 9.11. The largest absolute Gasteiger partial charge is 0.398 e. The average Bonchev–Trinajstić information content (AvgIpc) is 2.17. The molecule has 1 rings (SSSR count). The van der Waals surface area contributed by atoms with Crippen LogP contribution in [0.15, 0.2) is 18.2 Å². The van der Waals surface area contributed by atoms with E-state index in [2.05, 4.69) is 0 Å². The molecule has 2 nitrogen and oxygen atoms in total. The van der Waals surface area contributed by atoms with Gasteiger partial charge in [0.05, 0.1) is 0 Å². The van der Waals surface area contributed by atoms with Crippen LogP contribution in [-0.2, 0) is 5.88 Å². The Labute approximate surface area is 93.0 Å². The molecular weight excluding hydrogens is 221 g/mol. The van der Waals surface area contributed by atoms with E-state index >= 15 is 0 Å². The van der Waals surface area contributed by atoms with Gasteiger partial charge in [-0.25, -0.2) is 0 Å². The molecule has 2 N–H and O–H groups in total. The van der Waals surface area contributed by atoms with Crippen molar-refractivity contribution in [1.82, 2.24) is 0 Å². The number of carbonyl (C=O) groups is 1. The fourth-order valence-electron chi connectivity index (χ4n) is 1.28. The summed E-state index contributed by atoms with van der Waals surface area (Å²) in [5.74, 6) is 0.539. The number of alkyl halides is 2. The molecule has 1 aromatic rings. The number of carbonyl (C=O) groups excluding carboxylic acids is 1. The molecule has 0 aliphatic carbocycles. The molecular formula is C10H11Cl2NO. The van der Waals surface area contributed by atoms with Gasteiger partial charge < -0.3 is 5.73 Å². The number of halogens is 2. The van der Waals surface area contributed by atoms with E-state index in [9.17, 15) is 4.79 Å². The molecule has 4 heteroatoms. The standard InChI is InChI=1S/C10H11Cl2NO/c11-5-4-9(14)10-7(6-12)2-1-3-8(10)13/h1-3H,4-6,13H2. The SMILES string of the molecule is Nc1cccc(CCl)c1C(=O)CCCl. The highest BCUT2D eigenvalue weighted by molar-refractivity contribution is 6.20. The van der Waals surface area contributed by atoms with Gasteiger partial charge in [0.2, 0.25) is 0 Å². The first kappa shape index (κ1) is 11.3. The minimum absolute atomic E-state index is 0.0475. The molecule has 0 heterocycles. The van der Waals surface area contributed by atoms with E-state index in [1.54, 1.807) is 18.2 Å². The van der Waals surface area contributed by atoms with Gasteiger partial charge in [-0.3, -0.25) is 4.79 Å². The Morgan fingerprint density at radius 3 is 2.64 bits per heavy atom. The van der Waals surface area contributed by atoms with E-state index in [-0.39, 0.29) is 11.7 Å². The molecule has 0 saturated heterocycles. The number of nitrogens with two attached hydrogens (primary N) is 1. The highest BCUT2D eigenvalue weighted by Crippen LogP contribution is 2.20. The summed E-state index contributed by atoms with van der Waals surface area (Å²) >= 11 is 11.2. The Hall–Kier alpha value is -0.730. The molecule has 76 valence electrons. The molecule has 0 atom stereocenters. The summed E-state index contributed by atoms with van der Waals surface area (Å²) < 4.78 is 0. The molecule has 0 aliphatic heterocycles. The molecule has 0 fully saturated rings. The Balaban J connectivity index is 3.10. The number of rotatable bonds is 4. The van der Waals surface area contributed by atoms with E-state index in [0.717, 1.165) is 5.56 Å². The Morgan fingerprint density at radius 1 is 1.36 bits per heavy atom.